The van der Waals surface area contributed by atoms with E-state index in [-0.39, 0.29) is 5.56 Å². The molecule has 0 aliphatic heterocycles. The van der Waals surface area contributed by atoms with Crippen LogP contribution in [0.5, 0.6) is 0 Å². The van der Waals surface area contributed by atoms with Crippen molar-refractivity contribution in [3.63, 3.8) is 0 Å². The summed E-state index contributed by atoms with van der Waals surface area (Å²) in [6, 6.07) is 9.12. The van der Waals surface area contributed by atoms with Gasteiger partial charge in [-0.1, -0.05) is 30.3 Å². The lowest BCUT2D eigenvalue weighted by Crippen LogP contribution is -2.14. The minimum atomic E-state index is -4.76. The Morgan fingerprint density at radius 1 is 1.11 bits per heavy atom. The van der Waals surface area contributed by atoms with Gasteiger partial charge in [0, 0.05) is 11.8 Å². The Morgan fingerprint density at radius 2 is 1.74 bits per heavy atom. The molecule has 1 heterocycles. The third-order valence-corrected chi connectivity index (χ3v) is 2.50. The first-order chi connectivity index (χ1) is 8.89. The molecule has 1 N–H and O–H groups in total. The first-order valence-corrected chi connectivity index (χ1v) is 5.25. The Kier molecular flexibility index (Phi) is 3.25. The Hall–Kier alpha value is -2.37. The number of alkyl halides is 3. The fraction of sp³-hybridized carbons (Fsp3) is 0.0769. The lowest BCUT2D eigenvalue weighted by molar-refractivity contribution is -0.138. The molecule has 0 aliphatic rings. The Bertz CT molecular complexity index is 609. The lowest BCUT2D eigenvalue weighted by atomic mass is 10.0. The van der Waals surface area contributed by atoms with Crippen LogP contribution in [-0.2, 0) is 6.18 Å². The summed E-state index contributed by atoms with van der Waals surface area (Å²) in [6.07, 6.45) is -3.64. The van der Waals surface area contributed by atoms with Gasteiger partial charge >= 0.3 is 12.1 Å². The molecular formula is C13H8F3NO2. The molecule has 2 rings (SSSR count). The van der Waals surface area contributed by atoms with E-state index < -0.39 is 23.4 Å². The highest BCUT2D eigenvalue weighted by atomic mass is 19.4. The summed E-state index contributed by atoms with van der Waals surface area (Å²) >= 11 is 0. The molecule has 19 heavy (non-hydrogen) atoms. The first-order valence-electron chi connectivity index (χ1n) is 5.25. The third-order valence-electron chi connectivity index (χ3n) is 2.50. The Balaban J connectivity index is 2.60. The molecule has 0 spiro atoms. The molecule has 3 nitrogen and oxygen atoms in total. The van der Waals surface area contributed by atoms with E-state index in [9.17, 15) is 18.0 Å². The van der Waals surface area contributed by atoms with E-state index in [1.54, 1.807) is 30.3 Å². The highest BCUT2D eigenvalue weighted by molar-refractivity contribution is 5.88. The number of benzene rings is 1. The van der Waals surface area contributed by atoms with Crippen molar-refractivity contribution in [2.45, 2.75) is 6.18 Å². The molecule has 2 aromatic rings. The summed E-state index contributed by atoms with van der Waals surface area (Å²) < 4.78 is 38.4. The topological polar surface area (TPSA) is 50.2 Å². The lowest BCUT2D eigenvalue weighted by Gasteiger charge is -2.11. The first kappa shape index (κ1) is 13.1. The number of carboxylic acids is 1. The number of carboxylic acid groups (broad SMARTS) is 1. The van der Waals surface area contributed by atoms with Crippen LogP contribution in [0.2, 0.25) is 0 Å². The Morgan fingerprint density at radius 3 is 2.26 bits per heavy atom. The van der Waals surface area contributed by atoms with Gasteiger partial charge in [-0.05, 0) is 11.6 Å². The van der Waals surface area contributed by atoms with Crippen molar-refractivity contribution >= 4 is 5.97 Å². The van der Waals surface area contributed by atoms with Crippen molar-refractivity contribution in [1.29, 1.82) is 0 Å². The quantitative estimate of drug-likeness (QED) is 0.906. The van der Waals surface area contributed by atoms with Gasteiger partial charge in [-0.3, -0.25) is 0 Å². The largest absolute Gasteiger partial charge is 0.476 e. The number of halogens is 3. The molecule has 0 radical (unpaired) electrons. The summed E-state index contributed by atoms with van der Waals surface area (Å²) in [4.78, 5) is 14.2. The molecule has 98 valence electrons. The number of aromatic nitrogens is 1. The van der Waals surface area contributed by atoms with E-state index >= 15 is 0 Å². The van der Waals surface area contributed by atoms with Gasteiger partial charge in [0.1, 0.15) is 0 Å². The van der Waals surface area contributed by atoms with Gasteiger partial charge in [0.25, 0.3) is 0 Å². The second kappa shape index (κ2) is 4.72. The zero-order valence-electron chi connectivity index (χ0n) is 9.48. The van der Waals surface area contributed by atoms with Crippen molar-refractivity contribution in [3.8, 4) is 11.1 Å². The molecule has 0 saturated heterocycles. The van der Waals surface area contributed by atoms with Gasteiger partial charge in [-0.2, -0.15) is 13.2 Å². The van der Waals surface area contributed by atoms with Gasteiger partial charge < -0.3 is 5.11 Å². The molecule has 0 atom stereocenters. The second-order valence-electron chi connectivity index (χ2n) is 3.79. The van der Waals surface area contributed by atoms with E-state index in [1.807, 2.05) is 0 Å². The van der Waals surface area contributed by atoms with Crippen LogP contribution < -0.4 is 0 Å². The van der Waals surface area contributed by atoms with Gasteiger partial charge in [0.05, 0.1) is 5.56 Å². The zero-order chi connectivity index (χ0) is 14.0. The van der Waals surface area contributed by atoms with Crippen molar-refractivity contribution in [1.82, 2.24) is 4.98 Å². The molecule has 0 bridgehead atoms. The molecular weight excluding hydrogens is 259 g/mol. The molecule has 6 heteroatoms. The average molecular weight is 267 g/mol. The molecule has 0 fully saturated rings. The smallest absolute Gasteiger partial charge is 0.418 e. The standard InChI is InChI=1S/C13H8F3NO2/c14-13(15,16)10-6-9(7-17-11(10)12(18)19)8-4-2-1-3-5-8/h1-7H,(H,18,19). The minimum absolute atomic E-state index is 0.220. The molecule has 1 aromatic heterocycles. The fourth-order valence-corrected chi connectivity index (χ4v) is 1.64. The average Bonchev–Trinajstić information content (AvgIpc) is 2.38. The number of rotatable bonds is 2. The van der Waals surface area contributed by atoms with Crippen molar-refractivity contribution in [2.24, 2.45) is 0 Å². The van der Waals surface area contributed by atoms with Crippen LogP contribution in [0.3, 0.4) is 0 Å². The van der Waals surface area contributed by atoms with Gasteiger partial charge in [0.15, 0.2) is 5.69 Å². The summed E-state index contributed by atoms with van der Waals surface area (Å²) in [6.45, 7) is 0. The minimum Gasteiger partial charge on any atom is -0.476 e. The van der Waals surface area contributed by atoms with Crippen molar-refractivity contribution in [3.05, 3.63) is 53.9 Å². The number of carbonyl (C=O) groups is 1. The second-order valence-corrected chi connectivity index (χ2v) is 3.79. The monoisotopic (exact) mass is 267 g/mol. The maximum atomic E-state index is 12.8. The van der Waals surface area contributed by atoms with Crippen LogP contribution in [0.25, 0.3) is 11.1 Å². The van der Waals surface area contributed by atoms with E-state index in [1.165, 1.54) is 0 Å². The maximum absolute atomic E-state index is 12.8. The number of hydrogen-bond donors (Lipinski definition) is 1. The fourth-order valence-electron chi connectivity index (χ4n) is 1.64. The SMILES string of the molecule is O=C(O)c1ncc(-c2ccccc2)cc1C(F)(F)F. The highest BCUT2D eigenvalue weighted by Crippen LogP contribution is 2.33. The van der Waals surface area contributed by atoms with E-state index in [0.29, 0.717) is 5.56 Å². The summed E-state index contributed by atoms with van der Waals surface area (Å²) in [5.74, 6) is -1.70. The zero-order valence-corrected chi connectivity index (χ0v) is 9.48. The number of aromatic carboxylic acids is 1. The van der Waals surface area contributed by atoms with Gasteiger partial charge in [-0.15, -0.1) is 0 Å². The Labute approximate surface area is 106 Å². The predicted octanol–water partition coefficient (Wildman–Crippen LogP) is 3.47. The van der Waals surface area contributed by atoms with Crippen LogP contribution >= 0.6 is 0 Å². The van der Waals surface area contributed by atoms with E-state index in [4.69, 9.17) is 5.11 Å². The normalized spacial score (nSPS) is 11.3. The summed E-state index contributed by atoms with van der Waals surface area (Å²) in [5, 5.41) is 8.73. The van der Waals surface area contributed by atoms with E-state index in [0.717, 1.165) is 12.3 Å². The number of hydrogen-bond acceptors (Lipinski definition) is 2. The van der Waals surface area contributed by atoms with Crippen LogP contribution in [0.4, 0.5) is 13.2 Å². The maximum Gasteiger partial charge on any atom is 0.418 e. The highest BCUT2D eigenvalue weighted by Gasteiger charge is 2.36. The van der Waals surface area contributed by atoms with Crippen molar-refractivity contribution < 1.29 is 23.1 Å². The molecule has 1 aromatic carbocycles. The molecule has 0 unspecified atom stereocenters. The third kappa shape index (κ3) is 2.73. The molecule has 0 amide bonds. The van der Waals surface area contributed by atoms with E-state index in [2.05, 4.69) is 4.98 Å². The summed E-state index contributed by atoms with van der Waals surface area (Å²) in [7, 11) is 0. The van der Waals surface area contributed by atoms with Crippen LogP contribution in [-0.4, -0.2) is 16.1 Å². The predicted molar refractivity (Wildman–Crippen MR) is 61.6 cm³/mol. The molecule has 0 aliphatic carbocycles. The number of nitrogens with zero attached hydrogens (tertiary/aromatic N) is 1. The van der Waals surface area contributed by atoms with Gasteiger partial charge in [0.2, 0.25) is 0 Å². The van der Waals surface area contributed by atoms with Crippen LogP contribution in [0.15, 0.2) is 42.6 Å². The van der Waals surface area contributed by atoms with Crippen LogP contribution in [0, 0.1) is 0 Å². The van der Waals surface area contributed by atoms with Gasteiger partial charge in [-0.25, -0.2) is 9.78 Å². The molecule has 0 saturated carbocycles. The summed E-state index contributed by atoms with van der Waals surface area (Å²) in [5.41, 5.74) is -1.48. The van der Waals surface area contributed by atoms with Crippen LogP contribution in [0.1, 0.15) is 16.1 Å². The van der Waals surface area contributed by atoms with Crippen molar-refractivity contribution in [2.75, 3.05) is 0 Å². The number of pyridine rings is 1.